The molecular weight excluding hydrogens is 293 g/mol. The van der Waals surface area contributed by atoms with Crippen LogP contribution in [-0.2, 0) is 11.3 Å². The first kappa shape index (κ1) is 16.4. The van der Waals surface area contributed by atoms with E-state index in [4.69, 9.17) is 5.73 Å². The van der Waals surface area contributed by atoms with E-state index in [0.29, 0.717) is 13.1 Å². The predicted molar refractivity (Wildman–Crippen MR) is 88.2 cm³/mol. The Bertz CT molecular complexity index is 534. The normalized spacial score (nSPS) is 26.3. The van der Waals surface area contributed by atoms with Gasteiger partial charge in [0.25, 0.3) is 0 Å². The number of amides is 1. The van der Waals surface area contributed by atoms with Gasteiger partial charge in [-0.25, -0.2) is 4.39 Å². The lowest BCUT2D eigenvalue weighted by Crippen LogP contribution is -2.54. The SMILES string of the molecule is N[C@@H]1CCCN(C(=O)[C@H]2CCCCN2Cc2ccc(F)cc2)C1. The molecule has 2 atom stereocenters. The number of piperidine rings is 2. The summed E-state index contributed by atoms with van der Waals surface area (Å²) in [5.74, 6) is 0.00397. The molecule has 2 heterocycles. The molecule has 1 aromatic rings. The second-order valence-electron chi connectivity index (χ2n) is 6.80. The summed E-state index contributed by atoms with van der Waals surface area (Å²) >= 11 is 0. The van der Waals surface area contributed by atoms with E-state index in [2.05, 4.69) is 4.90 Å². The van der Waals surface area contributed by atoms with E-state index >= 15 is 0 Å². The molecule has 0 saturated carbocycles. The maximum absolute atomic E-state index is 13.1. The number of hydrogen-bond acceptors (Lipinski definition) is 3. The molecular formula is C18H26FN3O. The van der Waals surface area contributed by atoms with Gasteiger partial charge < -0.3 is 10.6 Å². The second-order valence-corrected chi connectivity index (χ2v) is 6.80. The summed E-state index contributed by atoms with van der Waals surface area (Å²) in [4.78, 5) is 17.1. The van der Waals surface area contributed by atoms with Crippen molar-refractivity contribution in [2.75, 3.05) is 19.6 Å². The van der Waals surface area contributed by atoms with Crippen LogP contribution in [0.15, 0.2) is 24.3 Å². The molecule has 0 aromatic heterocycles. The predicted octanol–water partition coefficient (Wildman–Crippen LogP) is 2.13. The summed E-state index contributed by atoms with van der Waals surface area (Å²) in [5, 5.41) is 0. The molecule has 0 spiro atoms. The number of nitrogens with two attached hydrogens (primary N) is 1. The zero-order chi connectivity index (χ0) is 16.2. The molecule has 5 heteroatoms. The minimum Gasteiger partial charge on any atom is -0.340 e. The number of rotatable bonds is 3. The van der Waals surface area contributed by atoms with Crippen molar-refractivity contribution in [3.8, 4) is 0 Å². The lowest BCUT2D eigenvalue weighted by molar-refractivity contribution is -0.139. The number of carbonyl (C=O) groups excluding carboxylic acids is 1. The van der Waals surface area contributed by atoms with Gasteiger partial charge in [0.1, 0.15) is 5.82 Å². The first-order valence-corrected chi connectivity index (χ1v) is 8.66. The highest BCUT2D eigenvalue weighted by molar-refractivity contribution is 5.82. The summed E-state index contributed by atoms with van der Waals surface area (Å²) in [7, 11) is 0. The molecule has 0 radical (unpaired) electrons. The van der Waals surface area contributed by atoms with Crippen LogP contribution in [0.1, 0.15) is 37.7 Å². The number of likely N-dealkylation sites (tertiary alicyclic amines) is 2. The highest BCUT2D eigenvalue weighted by atomic mass is 19.1. The first-order valence-electron chi connectivity index (χ1n) is 8.66. The van der Waals surface area contributed by atoms with Crippen LogP contribution in [0.2, 0.25) is 0 Å². The lowest BCUT2D eigenvalue weighted by atomic mass is 9.98. The zero-order valence-corrected chi connectivity index (χ0v) is 13.6. The topological polar surface area (TPSA) is 49.6 Å². The summed E-state index contributed by atoms with van der Waals surface area (Å²) in [6.45, 7) is 3.14. The monoisotopic (exact) mass is 319 g/mol. The molecule has 4 nitrogen and oxygen atoms in total. The zero-order valence-electron chi connectivity index (χ0n) is 13.6. The fourth-order valence-corrected chi connectivity index (χ4v) is 3.71. The van der Waals surface area contributed by atoms with E-state index in [1.165, 1.54) is 12.1 Å². The summed E-state index contributed by atoms with van der Waals surface area (Å²) in [6, 6.07) is 6.64. The molecule has 23 heavy (non-hydrogen) atoms. The number of nitrogens with zero attached hydrogens (tertiary/aromatic N) is 2. The number of benzene rings is 1. The van der Waals surface area contributed by atoms with Crippen molar-refractivity contribution in [2.24, 2.45) is 5.73 Å². The Morgan fingerprint density at radius 3 is 2.65 bits per heavy atom. The molecule has 2 saturated heterocycles. The molecule has 126 valence electrons. The Balaban J connectivity index is 1.68. The van der Waals surface area contributed by atoms with Crippen molar-refractivity contribution in [2.45, 2.75) is 50.7 Å². The van der Waals surface area contributed by atoms with Crippen molar-refractivity contribution in [3.63, 3.8) is 0 Å². The maximum atomic E-state index is 13.1. The standard InChI is InChI=1S/C18H26FN3O/c19-15-8-6-14(7-9-15)12-21-10-2-1-5-17(21)18(23)22-11-3-4-16(20)13-22/h6-9,16-17H,1-5,10-13,20H2/t16-,17-/m1/s1. The Morgan fingerprint density at radius 1 is 1.13 bits per heavy atom. The van der Waals surface area contributed by atoms with Crippen LogP contribution >= 0.6 is 0 Å². The molecule has 2 aliphatic rings. The van der Waals surface area contributed by atoms with Crippen molar-refractivity contribution < 1.29 is 9.18 Å². The Hall–Kier alpha value is -1.46. The molecule has 0 unspecified atom stereocenters. The van der Waals surface area contributed by atoms with E-state index < -0.39 is 0 Å². The fraction of sp³-hybridized carbons (Fsp3) is 0.611. The Labute approximate surface area is 137 Å². The van der Waals surface area contributed by atoms with Crippen LogP contribution in [0.4, 0.5) is 4.39 Å². The van der Waals surface area contributed by atoms with Crippen molar-refractivity contribution in [3.05, 3.63) is 35.6 Å². The summed E-state index contributed by atoms with van der Waals surface area (Å²) < 4.78 is 13.1. The first-order chi connectivity index (χ1) is 11.1. The van der Waals surface area contributed by atoms with Gasteiger partial charge in [0.2, 0.25) is 5.91 Å². The van der Waals surface area contributed by atoms with E-state index in [1.54, 1.807) is 0 Å². The number of hydrogen-bond donors (Lipinski definition) is 1. The molecule has 3 rings (SSSR count). The van der Waals surface area contributed by atoms with Crippen LogP contribution in [0.25, 0.3) is 0 Å². The molecule has 1 aromatic carbocycles. The molecule has 0 bridgehead atoms. The van der Waals surface area contributed by atoms with Crippen LogP contribution in [0, 0.1) is 5.82 Å². The van der Waals surface area contributed by atoms with E-state index in [0.717, 1.165) is 50.8 Å². The summed E-state index contributed by atoms with van der Waals surface area (Å²) in [6.07, 6.45) is 5.12. The molecule has 2 fully saturated rings. The van der Waals surface area contributed by atoms with Crippen molar-refractivity contribution in [1.82, 2.24) is 9.80 Å². The van der Waals surface area contributed by atoms with E-state index in [-0.39, 0.29) is 23.8 Å². The van der Waals surface area contributed by atoms with Gasteiger partial charge in [-0.1, -0.05) is 18.6 Å². The molecule has 0 aliphatic carbocycles. The molecule has 1 amide bonds. The average Bonchev–Trinajstić information content (AvgIpc) is 2.57. The van der Waals surface area contributed by atoms with Crippen LogP contribution in [0.3, 0.4) is 0 Å². The highest BCUT2D eigenvalue weighted by Gasteiger charge is 2.33. The quantitative estimate of drug-likeness (QED) is 0.928. The van der Waals surface area contributed by atoms with Gasteiger partial charge in [-0.05, 0) is 49.9 Å². The third-order valence-electron chi connectivity index (χ3n) is 4.97. The number of carbonyl (C=O) groups is 1. The largest absolute Gasteiger partial charge is 0.340 e. The van der Waals surface area contributed by atoms with Crippen LogP contribution in [0.5, 0.6) is 0 Å². The Morgan fingerprint density at radius 2 is 1.91 bits per heavy atom. The lowest BCUT2D eigenvalue weighted by Gasteiger charge is -2.40. The average molecular weight is 319 g/mol. The molecule has 2 N–H and O–H groups in total. The second kappa shape index (κ2) is 7.41. The van der Waals surface area contributed by atoms with Gasteiger partial charge in [0.05, 0.1) is 6.04 Å². The smallest absolute Gasteiger partial charge is 0.239 e. The molecule has 2 aliphatic heterocycles. The fourth-order valence-electron chi connectivity index (χ4n) is 3.71. The minimum atomic E-state index is -0.220. The maximum Gasteiger partial charge on any atom is 0.239 e. The van der Waals surface area contributed by atoms with Gasteiger partial charge in [0, 0.05) is 25.7 Å². The van der Waals surface area contributed by atoms with Crippen LogP contribution < -0.4 is 5.73 Å². The highest BCUT2D eigenvalue weighted by Crippen LogP contribution is 2.23. The van der Waals surface area contributed by atoms with Crippen LogP contribution in [-0.4, -0.2) is 47.4 Å². The third kappa shape index (κ3) is 4.09. The van der Waals surface area contributed by atoms with Gasteiger partial charge in [0.15, 0.2) is 0 Å². The van der Waals surface area contributed by atoms with Gasteiger partial charge >= 0.3 is 0 Å². The van der Waals surface area contributed by atoms with Gasteiger partial charge in [-0.15, -0.1) is 0 Å². The van der Waals surface area contributed by atoms with Gasteiger partial charge in [-0.2, -0.15) is 0 Å². The summed E-state index contributed by atoms with van der Waals surface area (Å²) in [5.41, 5.74) is 7.08. The van der Waals surface area contributed by atoms with Crippen molar-refractivity contribution in [1.29, 1.82) is 0 Å². The minimum absolute atomic E-state index is 0.0564. The Kier molecular flexibility index (Phi) is 5.28. The van der Waals surface area contributed by atoms with E-state index in [1.807, 2.05) is 17.0 Å². The van der Waals surface area contributed by atoms with E-state index in [9.17, 15) is 9.18 Å². The third-order valence-corrected chi connectivity index (χ3v) is 4.97. The van der Waals surface area contributed by atoms with Gasteiger partial charge in [-0.3, -0.25) is 9.69 Å². The number of halogens is 1. The van der Waals surface area contributed by atoms with Crippen molar-refractivity contribution >= 4 is 5.91 Å².